The summed E-state index contributed by atoms with van der Waals surface area (Å²) in [6.07, 6.45) is -0.983. The smallest absolute Gasteiger partial charge is 0.350 e. The van der Waals surface area contributed by atoms with Crippen molar-refractivity contribution in [2.45, 2.75) is 51.4 Å². The van der Waals surface area contributed by atoms with E-state index in [0.717, 1.165) is 0 Å². The van der Waals surface area contributed by atoms with Crippen LogP contribution in [0.5, 0.6) is 0 Å². The SMILES string of the molecule is CC(C)(C)[Si](C)(C)OCC(O)CCOCP(=O)(O)O. The second-order valence-corrected chi connectivity index (χ2v) is 12.6. The van der Waals surface area contributed by atoms with Crippen LogP contribution in [0, 0.1) is 0 Å². The maximum absolute atomic E-state index is 10.5. The molecule has 0 saturated carbocycles. The Balaban J connectivity index is 3.88. The van der Waals surface area contributed by atoms with Gasteiger partial charge in [-0.15, -0.1) is 0 Å². The summed E-state index contributed by atoms with van der Waals surface area (Å²) < 4.78 is 21.2. The molecule has 0 rings (SSSR count). The highest BCUT2D eigenvalue weighted by Gasteiger charge is 2.37. The lowest BCUT2D eigenvalue weighted by atomic mass is 10.2. The van der Waals surface area contributed by atoms with Gasteiger partial charge in [0.1, 0.15) is 6.35 Å². The standard InChI is InChI=1S/C11H27O6PSi/c1-11(2,3)19(4,5)17-8-10(12)6-7-16-9-18(13,14)15/h10,12H,6-9H2,1-5H3,(H2,13,14,15). The summed E-state index contributed by atoms with van der Waals surface area (Å²) in [5, 5.41) is 9.82. The minimum atomic E-state index is -4.12. The fourth-order valence-electron chi connectivity index (χ4n) is 1.01. The van der Waals surface area contributed by atoms with Crippen molar-refractivity contribution < 1.29 is 28.6 Å². The van der Waals surface area contributed by atoms with Crippen molar-refractivity contribution in [2.75, 3.05) is 19.6 Å². The van der Waals surface area contributed by atoms with E-state index in [1.165, 1.54) is 0 Å². The van der Waals surface area contributed by atoms with Crippen LogP contribution in [0.1, 0.15) is 27.2 Å². The molecule has 3 N–H and O–H groups in total. The maximum atomic E-state index is 10.5. The summed E-state index contributed by atoms with van der Waals surface area (Å²) in [4.78, 5) is 17.2. The molecule has 0 aliphatic carbocycles. The third-order valence-electron chi connectivity index (χ3n) is 3.30. The van der Waals surface area contributed by atoms with E-state index in [-0.39, 0.29) is 18.3 Å². The fraction of sp³-hybridized carbons (Fsp3) is 1.00. The minimum Gasteiger partial charge on any atom is -0.414 e. The van der Waals surface area contributed by atoms with Crippen LogP contribution in [0.15, 0.2) is 0 Å². The Morgan fingerprint density at radius 3 is 2.21 bits per heavy atom. The number of hydrogen-bond acceptors (Lipinski definition) is 4. The molecule has 0 fully saturated rings. The number of rotatable bonds is 8. The van der Waals surface area contributed by atoms with Crippen molar-refractivity contribution in [3.8, 4) is 0 Å². The van der Waals surface area contributed by atoms with Crippen molar-refractivity contribution in [1.29, 1.82) is 0 Å². The molecular weight excluding hydrogens is 287 g/mol. The molecule has 116 valence electrons. The van der Waals surface area contributed by atoms with Crippen LogP contribution >= 0.6 is 7.60 Å². The van der Waals surface area contributed by atoms with Gasteiger partial charge in [0, 0.05) is 6.61 Å². The van der Waals surface area contributed by atoms with Crippen LogP contribution in [0.4, 0.5) is 0 Å². The van der Waals surface area contributed by atoms with Crippen LogP contribution in [0.3, 0.4) is 0 Å². The van der Waals surface area contributed by atoms with Crippen molar-refractivity contribution in [3.05, 3.63) is 0 Å². The Kier molecular flexibility index (Phi) is 7.41. The lowest BCUT2D eigenvalue weighted by Gasteiger charge is -2.36. The second-order valence-electron chi connectivity index (χ2n) is 6.22. The highest BCUT2D eigenvalue weighted by atomic mass is 31.2. The Hall–Kier alpha value is 0.247. The Morgan fingerprint density at radius 2 is 1.79 bits per heavy atom. The van der Waals surface area contributed by atoms with E-state index in [0.29, 0.717) is 6.42 Å². The highest BCUT2D eigenvalue weighted by molar-refractivity contribution is 7.51. The third kappa shape index (κ3) is 8.91. The Labute approximate surface area is 116 Å². The van der Waals surface area contributed by atoms with E-state index in [4.69, 9.17) is 18.9 Å². The van der Waals surface area contributed by atoms with E-state index in [1.54, 1.807) is 0 Å². The average Bonchev–Trinajstić information content (AvgIpc) is 2.18. The average molecular weight is 314 g/mol. The van der Waals surface area contributed by atoms with Gasteiger partial charge in [-0.25, -0.2) is 0 Å². The monoisotopic (exact) mass is 314 g/mol. The molecule has 8 heteroatoms. The van der Waals surface area contributed by atoms with E-state index >= 15 is 0 Å². The summed E-state index contributed by atoms with van der Waals surface area (Å²) in [6.45, 7) is 10.9. The predicted octanol–water partition coefficient (Wildman–Crippen LogP) is 1.91. The van der Waals surface area contributed by atoms with Crippen LogP contribution in [-0.4, -0.2) is 48.9 Å². The topological polar surface area (TPSA) is 96.2 Å². The van der Waals surface area contributed by atoms with E-state index in [9.17, 15) is 9.67 Å². The van der Waals surface area contributed by atoms with Crippen molar-refractivity contribution in [2.24, 2.45) is 0 Å². The van der Waals surface area contributed by atoms with Gasteiger partial charge in [-0.05, 0) is 24.6 Å². The summed E-state index contributed by atoms with van der Waals surface area (Å²) in [6, 6.07) is 0. The van der Waals surface area contributed by atoms with Gasteiger partial charge in [0.05, 0.1) is 12.7 Å². The molecule has 0 spiro atoms. The first kappa shape index (κ1) is 19.2. The molecule has 0 aliphatic heterocycles. The number of aliphatic hydroxyl groups is 1. The van der Waals surface area contributed by atoms with Crippen LogP contribution in [0.25, 0.3) is 0 Å². The number of aliphatic hydroxyl groups excluding tert-OH is 1. The van der Waals surface area contributed by atoms with Crippen LogP contribution in [0.2, 0.25) is 18.1 Å². The molecule has 0 aliphatic rings. The number of ether oxygens (including phenoxy) is 1. The molecule has 0 aromatic heterocycles. The third-order valence-corrected chi connectivity index (χ3v) is 8.32. The molecule has 0 bridgehead atoms. The largest absolute Gasteiger partial charge is 0.414 e. The summed E-state index contributed by atoms with van der Waals surface area (Å²) in [7, 11) is -5.99. The van der Waals surface area contributed by atoms with Gasteiger partial charge < -0.3 is 24.1 Å². The summed E-state index contributed by atoms with van der Waals surface area (Å²) in [5.41, 5.74) is 0. The molecule has 0 radical (unpaired) electrons. The normalized spacial score (nSPS) is 15.6. The van der Waals surface area contributed by atoms with Crippen molar-refractivity contribution >= 4 is 15.9 Å². The zero-order chi connectivity index (χ0) is 15.3. The molecule has 1 unspecified atom stereocenters. The first-order chi connectivity index (χ1) is 8.35. The minimum absolute atomic E-state index is 0.0869. The van der Waals surface area contributed by atoms with Gasteiger partial charge >= 0.3 is 7.60 Å². The van der Waals surface area contributed by atoms with E-state index in [1.807, 2.05) is 0 Å². The first-order valence-electron chi connectivity index (χ1n) is 6.29. The zero-order valence-electron chi connectivity index (χ0n) is 12.4. The summed E-state index contributed by atoms with van der Waals surface area (Å²) in [5.74, 6) is 0. The molecule has 1 atom stereocenters. The lowest BCUT2D eigenvalue weighted by Crippen LogP contribution is -2.42. The molecule has 0 aromatic rings. The van der Waals surface area contributed by atoms with Gasteiger partial charge in [-0.2, -0.15) is 0 Å². The molecule has 19 heavy (non-hydrogen) atoms. The molecule has 0 amide bonds. The Bertz CT molecular complexity index is 309. The van der Waals surface area contributed by atoms with Crippen LogP contribution in [-0.2, 0) is 13.7 Å². The van der Waals surface area contributed by atoms with Gasteiger partial charge in [-0.3, -0.25) is 4.57 Å². The molecule has 0 heterocycles. The quantitative estimate of drug-likeness (QED) is 0.360. The Morgan fingerprint density at radius 1 is 1.26 bits per heavy atom. The van der Waals surface area contributed by atoms with E-state index in [2.05, 4.69) is 33.9 Å². The highest BCUT2D eigenvalue weighted by Crippen LogP contribution is 2.36. The zero-order valence-corrected chi connectivity index (χ0v) is 14.3. The predicted molar refractivity (Wildman–Crippen MR) is 76.6 cm³/mol. The first-order valence-corrected chi connectivity index (χ1v) is 11.0. The van der Waals surface area contributed by atoms with Gasteiger partial charge in [-0.1, -0.05) is 20.8 Å². The fourth-order valence-corrected chi connectivity index (χ4v) is 2.42. The van der Waals surface area contributed by atoms with Gasteiger partial charge in [0.25, 0.3) is 0 Å². The maximum Gasteiger partial charge on any atom is 0.350 e. The van der Waals surface area contributed by atoms with Gasteiger partial charge in [0.2, 0.25) is 0 Å². The molecular formula is C11H27O6PSi. The van der Waals surface area contributed by atoms with Crippen molar-refractivity contribution in [3.63, 3.8) is 0 Å². The molecule has 6 nitrogen and oxygen atoms in total. The van der Waals surface area contributed by atoms with E-state index < -0.39 is 28.4 Å². The van der Waals surface area contributed by atoms with Gasteiger partial charge in [0.15, 0.2) is 8.32 Å². The van der Waals surface area contributed by atoms with Crippen LogP contribution < -0.4 is 0 Å². The molecule has 0 aromatic carbocycles. The number of hydrogen-bond donors (Lipinski definition) is 3. The van der Waals surface area contributed by atoms with Crippen molar-refractivity contribution in [1.82, 2.24) is 0 Å². The second kappa shape index (κ2) is 7.31. The molecule has 0 saturated heterocycles. The summed E-state index contributed by atoms with van der Waals surface area (Å²) >= 11 is 0. The lowest BCUT2D eigenvalue weighted by molar-refractivity contribution is 0.0589.